The van der Waals surface area contributed by atoms with E-state index in [1.165, 1.54) is 19.3 Å². The average molecular weight is 644 g/mol. The first-order chi connectivity index (χ1) is 22.8. The number of aromatic amines is 1. The summed E-state index contributed by atoms with van der Waals surface area (Å²) in [5.41, 5.74) is 4.67. The first kappa shape index (κ1) is 31.3. The van der Waals surface area contributed by atoms with Crippen molar-refractivity contribution in [3.8, 4) is 0 Å². The van der Waals surface area contributed by atoms with Gasteiger partial charge in [0.1, 0.15) is 6.04 Å². The Morgan fingerprint density at radius 3 is 2.38 bits per heavy atom. The zero-order chi connectivity index (χ0) is 32.5. The fourth-order valence-corrected chi connectivity index (χ4v) is 7.94. The van der Waals surface area contributed by atoms with Gasteiger partial charge in [0, 0.05) is 56.9 Å². The van der Waals surface area contributed by atoms with E-state index in [4.69, 9.17) is 4.42 Å². The van der Waals surface area contributed by atoms with Crippen molar-refractivity contribution in [3.63, 3.8) is 0 Å². The van der Waals surface area contributed by atoms with Gasteiger partial charge in [0.25, 0.3) is 0 Å². The van der Waals surface area contributed by atoms with Gasteiger partial charge in [0.05, 0.1) is 5.52 Å². The summed E-state index contributed by atoms with van der Waals surface area (Å²) in [7, 11) is 0. The van der Waals surface area contributed by atoms with Gasteiger partial charge in [0.2, 0.25) is 5.91 Å². The number of aryl methyl sites for hydroxylation is 1. The first-order valence-corrected chi connectivity index (χ1v) is 17.2. The zero-order valence-electron chi connectivity index (χ0n) is 27.1. The van der Waals surface area contributed by atoms with Crippen molar-refractivity contribution < 1.29 is 18.8 Å². The summed E-state index contributed by atoms with van der Waals surface area (Å²) in [6, 6.07) is 10.9. The summed E-state index contributed by atoms with van der Waals surface area (Å²) in [6.07, 6.45) is 7.27. The highest BCUT2D eigenvalue weighted by molar-refractivity contribution is 5.92. The van der Waals surface area contributed by atoms with Crippen LogP contribution in [0.25, 0.3) is 11.1 Å². The van der Waals surface area contributed by atoms with Gasteiger partial charge in [-0.05, 0) is 87.4 Å². The molecule has 5 amide bonds. The fourth-order valence-electron chi connectivity index (χ4n) is 7.94. The average Bonchev–Trinajstić information content (AvgIpc) is 3.48. The Morgan fingerprint density at radius 1 is 0.915 bits per heavy atom. The molecule has 3 fully saturated rings. The Bertz CT molecular complexity index is 1680. The molecule has 12 heteroatoms. The van der Waals surface area contributed by atoms with E-state index in [2.05, 4.69) is 20.5 Å². The van der Waals surface area contributed by atoms with Crippen LogP contribution in [0.4, 0.5) is 15.3 Å². The second-order valence-electron chi connectivity index (χ2n) is 13.6. The number of piperidine rings is 3. The number of anilines is 1. The highest BCUT2D eigenvalue weighted by Crippen LogP contribution is 2.28. The van der Waals surface area contributed by atoms with Gasteiger partial charge >= 0.3 is 17.8 Å². The molecule has 12 nitrogen and oxygen atoms in total. The summed E-state index contributed by atoms with van der Waals surface area (Å²) in [5, 5.41) is 6.08. The lowest BCUT2D eigenvalue weighted by molar-refractivity contribution is -0.134. The summed E-state index contributed by atoms with van der Waals surface area (Å²) in [6.45, 7) is 7.04. The monoisotopic (exact) mass is 643 g/mol. The third-order valence-electron chi connectivity index (χ3n) is 10.6. The lowest BCUT2D eigenvalue weighted by atomic mass is 9.97. The summed E-state index contributed by atoms with van der Waals surface area (Å²) in [5.74, 6) is -0.602. The molecule has 3 saturated heterocycles. The number of hydrogen-bond donors (Lipinski definition) is 3. The minimum absolute atomic E-state index is 0.0248. The van der Waals surface area contributed by atoms with Gasteiger partial charge in [-0.3, -0.25) is 9.78 Å². The number of benzene rings is 2. The molecule has 0 spiro atoms. The fraction of sp³-hybridized carbons (Fsp3) is 0.543. The Balaban J connectivity index is 1.02. The minimum Gasteiger partial charge on any atom is -0.408 e. The van der Waals surface area contributed by atoms with E-state index in [9.17, 15) is 19.2 Å². The number of aromatic nitrogens is 1. The number of nitrogens with zero attached hydrogens (tertiary/aromatic N) is 4. The molecule has 1 aromatic heterocycles. The predicted molar refractivity (Wildman–Crippen MR) is 178 cm³/mol. The van der Waals surface area contributed by atoms with Gasteiger partial charge < -0.3 is 34.7 Å². The molecule has 3 aromatic rings. The number of fused-ring (bicyclic) bond motifs is 2. The number of likely N-dealkylation sites (tertiary alicyclic amines) is 3. The highest BCUT2D eigenvalue weighted by Gasteiger charge is 2.35. The molecular weight excluding hydrogens is 598 g/mol. The number of rotatable bonds is 6. The number of carbonyl (C=O) groups is 3. The summed E-state index contributed by atoms with van der Waals surface area (Å²) < 4.78 is 5.34. The lowest BCUT2D eigenvalue weighted by Gasteiger charge is -2.42. The van der Waals surface area contributed by atoms with Gasteiger partial charge in [0.15, 0.2) is 5.58 Å². The number of nitrogens with one attached hydrogen (secondary N) is 3. The van der Waals surface area contributed by atoms with Crippen LogP contribution in [0.15, 0.2) is 45.6 Å². The van der Waals surface area contributed by atoms with Crippen LogP contribution in [0.2, 0.25) is 0 Å². The van der Waals surface area contributed by atoms with E-state index in [-0.39, 0.29) is 30.4 Å². The number of urea groups is 2. The largest absolute Gasteiger partial charge is 0.417 e. The number of amides is 5. The van der Waals surface area contributed by atoms with Crippen molar-refractivity contribution in [2.24, 2.45) is 0 Å². The molecule has 4 aliphatic rings. The Kier molecular flexibility index (Phi) is 8.94. The van der Waals surface area contributed by atoms with Crippen LogP contribution in [0.3, 0.4) is 0 Å². The number of carbonyl (C=O) groups excluding carboxylic acids is 3. The molecule has 47 heavy (non-hydrogen) atoms. The zero-order valence-corrected chi connectivity index (χ0v) is 27.1. The molecule has 7 rings (SSSR count). The maximum Gasteiger partial charge on any atom is 0.417 e. The van der Waals surface area contributed by atoms with E-state index in [1.54, 1.807) is 11.0 Å². The van der Waals surface area contributed by atoms with E-state index < -0.39 is 11.8 Å². The number of hydrogen-bond acceptors (Lipinski definition) is 6. The predicted octanol–water partition coefficient (Wildman–Crippen LogP) is 4.04. The molecule has 250 valence electrons. The van der Waals surface area contributed by atoms with E-state index in [0.717, 1.165) is 48.3 Å². The normalized spacial score (nSPS) is 20.6. The molecule has 3 N–H and O–H groups in total. The Labute approximate surface area is 274 Å². The standard InChI is InChI=1S/C35H45N7O5/c1-23-19-24(21-30-31(23)38-35(46)47-30)20-29(32(43)40-15-9-26(10-16-40)39-13-5-2-6-14-39)37-33(44)41-17-11-27(12-18-41)42-22-25-7-3-4-8-28(25)36-34(42)45/h3-4,7-8,19,21,26-27,29H,2,5-6,9-18,20,22H2,1H3,(H,36,45)(H,37,44)(H,38,46). The van der Waals surface area contributed by atoms with Gasteiger partial charge in [-0.1, -0.05) is 30.7 Å². The van der Waals surface area contributed by atoms with Crippen molar-refractivity contribution >= 4 is 34.8 Å². The third kappa shape index (κ3) is 6.74. The van der Waals surface area contributed by atoms with Crippen LogP contribution in [-0.4, -0.2) is 99.9 Å². The van der Waals surface area contributed by atoms with Crippen LogP contribution < -0.4 is 16.4 Å². The van der Waals surface area contributed by atoms with E-state index >= 15 is 0 Å². The maximum absolute atomic E-state index is 14.1. The maximum atomic E-state index is 14.1. The van der Waals surface area contributed by atoms with Crippen molar-refractivity contribution in [1.29, 1.82) is 0 Å². The van der Waals surface area contributed by atoms with Crippen molar-refractivity contribution in [1.82, 2.24) is 29.9 Å². The van der Waals surface area contributed by atoms with Crippen molar-refractivity contribution in [3.05, 3.63) is 63.6 Å². The smallest absolute Gasteiger partial charge is 0.408 e. The number of para-hydroxylation sites is 1. The lowest BCUT2D eigenvalue weighted by Crippen LogP contribution is -2.57. The van der Waals surface area contributed by atoms with E-state index in [1.807, 2.05) is 47.1 Å². The van der Waals surface area contributed by atoms with Crippen LogP contribution in [0.1, 0.15) is 61.6 Å². The second-order valence-corrected chi connectivity index (χ2v) is 13.6. The SMILES string of the molecule is Cc1cc(CC(NC(=O)N2CCC(N3Cc4ccccc4NC3=O)CC2)C(=O)N2CCC(N3CCCCC3)CC2)cc2oc(=O)[nH]c12. The van der Waals surface area contributed by atoms with Crippen LogP contribution in [0.5, 0.6) is 0 Å². The molecule has 0 saturated carbocycles. The topological polar surface area (TPSA) is 134 Å². The Hall–Kier alpha value is -4.32. The summed E-state index contributed by atoms with van der Waals surface area (Å²) in [4.78, 5) is 63.4. The molecule has 1 atom stereocenters. The van der Waals surface area contributed by atoms with Crippen LogP contribution in [-0.2, 0) is 17.8 Å². The molecule has 1 unspecified atom stereocenters. The molecule has 5 heterocycles. The Morgan fingerprint density at radius 2 is 1.62 bits per heavy atom. The van der Waals surface area contributed by atoms with Gasteiger partial charge in [-0.25, -0.2) is 14.4 Å². The quantitative estimate of drug-likeness (QED) is 0.371. The molecule has 0 radical (unpaired) electrons. The van der Waals surface area contributed by atoms with Crippen LogP contribution >= 0.6 is 0 Å². The van der Waals surface area contributed by atoms with Gasteiger partial charge in [-0.15, -0.1) is 0 Å². The first-order valence-electron chi connectivity index (χ1n) is 17.2. The van der Waals surface area contributed by atoms with Crippen LogP contribution in [0, 0.1) is 6.92 Å². The van der Waals surface area contributed by atoms with Crippen molar-refractivity contribution in [2.45, 2.75) is 83.0 Å². The summed E-state index contributed by atoms with van der Waals surface area (Å²) >= 11 is 0. The molecule has 0 aliphatic carbocycles. The molecule has 0 bridgehead atoms. The molecule has 2 aromatic carbocycles. The third-order valence-corrected chi connectivity index (χ3v) is 10.6. The van der Waals surface area contributed by atoms with Gasteiger partial charge in [-0.2, -0.15) is 0 Å². The number of H-pyrrole nitrogens is 1. The minimum atomic E-state index is -0.765. The molecule has 4 aliphatic heterocycles. The molecular formula is C35H45N7O5. The van der Waals surface area contributed by atoms with E-state index in [0.29, 0.717) is 62.7 Å². The highest BCUT2D eigenvalue weighted by atomic mass is 16.4. The van der Waals surface area contributed by atoms with Crippen molar-refractivity contribution in [2.75, 3.05) is 44.6 Å². The number of oxazole rings is 1. The second kappa shape index (κ2) is 13.4.